The third kappa shape index (κ3) is 4.96. The first-order valence-corrected chi connectivity index (χ1v) is 10.2. The van der Waals surface area contributed by atoms with Gasteiger partial charge < -0.3 is 24.9 Å². The number of amides is 2. The molecule has 162 valence electrons. The predicted octanol–water partition coefficient (Wildman–Crippen LogP) is 1.10. The number of benzene rings is 1. The van der Waals surface area contributed by atoms with E-state index in [1.54, 1.807) is 29.7 Å². The number of carbonyl (C=O) groups is 2. The maximum Gasteiger partial charge on any atom is 0.348 e. The van der Waals surface area contributed by atoms with E-state index in [1.165, 1.54) is 0 Å². The molecule has 9 heteroatoms. The van der Waals surface area contributed by atoms with Crippen molar-refractivity contribution in [2.75, 3.05) is 39.0 Å². The Balaban J connectivity index is 1.76. The summed E-state index contributed by atoms with van der Waals surface area (Å²) in [6.07, 6.45) is 2.03. The number of rotatable bonds is 7. The first-order chi connectivity index (χ1) is 14.3. The van der Waals surface area contributed by atoms with E-state index < -0.39 is 11.7 Å². The summed E-state index contributed by atoms with van der Waals surface area (Å²) < 4.78 is 5.35. The molecule has 1 aromatic carbocycles. The number of likely N-dealkylation sites (N-methyl/N-ethyl adjacent to an activating group) is 1. The van der Waals surface area contributed by atoms with Gasteiger partial charge in [-0.15, -0.1) is 0 Å². The normalized spacial score (nSPS) is 14.9. The van der Waals surface area contributed by atoms with Crippen molar-refractivity contribution in [1.82, 2.24) is 20.1 Å². The van der Waals surface area contributed by atoms with Crippen molar-refractivity contribution in [3.8, 4) is 0 Å². The van der Waals surface area contributed by atoms with Crippen LogP contribution in [0.4, 0.5) is 6.01 Å². The highest BCUT2D eigenvalue weighted by Gasteiger charge is 2.24. The minimum atomic E-state index is -0.538. The topological polar surface area (TPSA) is 108 Å². The lowest BCUT2D eigenvalue weighted by Gasteiger charge is -2.20. The van der Waals surface area contributed by atoms with E-state index in [2.05, 4.69) is 15.6 Å². The minimum absolute atomic E-state index is 0.0268. The minimum Gasteiger partial charge on any atom is -0.389 e. The molecule has 2 heterocycles. The first-order valence-electron chi connectivity index (χ1n) is 10.2. The number of carbonyl (C=O) groups excluding carboxylic acids is 2. The lowest BCUT2D eigenvalue weighted by Crippen LogP contribution is -2.39. The van der Waals surface area contributed by atoms with E-state index in [4.69, 9.17) is 4.42 Å². The predicted molar refractivity (Wildman–Crippen MR) is 114 cm³/mol. The molecule has 0 saturated carbocycles. The van der Waals surface area contributed by atoms with Crippen LogP contribution in [0, 0.1) is 6.92 Å². The highest BCUT2D eigenvalue weighted by Crippen LogP contribution is 2.20. The highest BCUT2D eigenvalue weighted by molar-refractivity contribution is 5.85. The van der Waals surface area contributed by atoms with Crippen LogP contribution < -0.4 is 16.3 Å². The first kappa shape index (κ1) is 21.8. The second kappa shape index (κ2) is 9.25. The van der Waals surface area contributed by atoms with E-state index in [0.717, 1.165) is 31.5 Å². The van der Waals surface area contributed by atoms with Crippen molar-refractivity contribution in [3.63, 3.8) is 0 Å². The van der Waals surface area contributed by atoms with Gasteiger partial charge in [0.15, 0.2) is 0 Å². The summed E-state index contributed by atoms with van der Waals surface area (Å²) in [4.78, 5) is 44.9. The third-order valence-electron chi connectivity index (χ3n) is 5.23. The van der Waals surface area contributed by atoms with Gasteiger partial charge in [-0.1, -0.05) is 6.07 Å². The van der Waals surface area contributed by atoms with Gasteiger partial charge >= 0.3 is 5.63 Å². The number of hydrogen-bond acceptors (Lipinski definition) is 7. The highest BCUT2D eigenvalue weighted by atomic mass is 16.4. The molecule has 1 saturated heterocycles. The maximum atomic E-state index is 12.6. The van der Waals surface area contributed by atoms with Crippen molar-refractivity contribution in [2.24, 2.45) is 0 Å². The Hall–Kier alpha value is -2.94. The number of fused-ring (bicyclic) bond motifs is 1. The van der Waals surface area contributed by atoms with E-state index in [-0.39, 0.29) is 17.8 Å². The van der Waals surface area contributed by atoms with Gasteiger partial charge in [-0.25, -0.2) is 4.79 Å². The van der Waals surface area contributed by atoms with Gasteiger partial charge in [0.1, 0.15) is 6.04 Å². The Morgan fingerprint density at radius 3 is 2.63 bits per heavy atom. The van der Waals surface area contributed by atoms with Crippen molar-refractivity contribution >= 4 is 28.7 Å². The quantitative estimate of drug-likeness (QED) is 0.697. The summed E-state index contributed by atoms with van der Waals surface area (Å²) in [5.41, 5.74) is 1.49. The average molecular weight is 415 g/mol. The van der Waals surface area contributed by atoms with Crippen LogP contribution in [0.25, 0.3) is 10.9 Å². The van der Waals surface area contributed by atoms with Gasteiger partial charge in [-0.3, -0.25) is 9.59 Å². The molecule has 1 aliphatic heterocycles. The fourth-order valence-electron chi connectivity index (χ4n) is 3.61. The Morgan fingerprint density at radius 2 is 1.97 bits per heavy atom. The molecule has 2 amide bonds. The second-order valence-corrected chi connectivity index (χ2v) is 7.96. The van der Waals surface area contributed by atoms with E-state index in [9.17, 15) is 14.4 Å². The molecule has 30 heavy (non-hydrogen) atoms. The van der Waals surface area contributed by atoms with Crippen LogP contribution in [-0.4, -0.2) is 66.4 Å². The number of aryl methyl sites for hydroxylation is 1. The number of hydrogen-bond donors (Lipinski definition) is 2. The summed E-state index contributed by atoms with van der Waals surface area (Å²) in [5.74, 6) is -0.127. The van der Waals surface area contributed by atoms with E-state index >= 15 is 0 Å². The molecule has 2 N–H and O–H groups in total. The van der Waals surface area contributed by atoms with Crippen LogP contribution in [0.1, 0.15) is 30.9 Å². The molecule has 0 aliphatic carbocycles. The van der Waals surface area contributed by atoms with Crippen LogP contribution in [-0.2, 0) is 16.1 Å². The molecule has 9 nitrogen and oxygen atoms in total. The number of anilines is 1. The molecule has 3 rings (SSSR count). The fraction of sp³-hybridized carbons (Fsp3) is 0.524. The van der Waals surface area contributed by atoms with Gasteiger partial charge in [0.05, 0.1) is 17.4 Å². The van der Waals surface area contributed by atoms with Crippen molar-refractivity contribution in [3.05, 3.63) is 33.7 Å². The SMILES string of the molecule is Cc1c(CNC(=O)CN(C)C)ccc2nc(N[C@@H](C)C(=O)N3CCCC3)oc(=O)c12. The Kier molecular flexibility index (Phi) is 6.71. The summed E-state index contributed by atoms with van der Waals surface area (Å²) in [6.45, 7) is 5.66. The van der Waals surface area contributed by atoms with E-state index in [0.29, 0.717) is 29.6 Å². The molecule has 1 fully saturated rings. The van der Waals surface area contributed by atoms with Crippen LogP contribution in [0.5, 0.6) is 0 Å². The molecule has 1 atom stereocenters. The standard InChI is InChI=1S/C21H29N5O4/c1-13-15(11-22-17(27)12-25(3)4)7-8-16-18(13)20(29)30-21(24-16)23-14(2)19(28)26-9-5-6-10-26/h7-8,14H,5-6,9-12H2,1-4H3,(H,22,27)(H,23,24)/t14-/m0/s1. The number of nitrogens with zero attached hydrogens (tertiary/aromatic N) is 3. The zero-order chi connectivity index (χ0) is 21.8. The van der Waals surface area contributed by atoms with Crippen LogP contribution >= 0.6 is 0 Å². The lowest BCUT2D eigenvalue weighted by atomic mass is 10.0. The van der Waals surface area contributed by atoms with Crippen LogP contribution in [0.2, 0.25) is 0 Å². The molecule has 0 bridgehead atoms. The largest absolute Gasteiger partial charge is 0.389 e. The summed E-state index contributed by atoms with van der Waals surface area (Å²) >= 11 is 0. The Labute approximate surface area is 175 Å². The molecule has 2 aromatic rings. The molecule has 1 aliphatic rings. The van der Waals surface area contributed by atoms with Gasteiger partial charge in [0, 0.05) is 19.6 Å². The number of aromatic nitrogens is 1. The van der Waals surface area contributed by atoms with Crippen molar-refractivity contribution in [2.45, 2.75) is 39.3 Å². The van der Waals surface area contributed by atoms with Gasteiger partial charge in [0.25, 0.3) is 6.01 Å². The van der Waals surface area contributed by atoms with Gasteiger partial charge in [0.2, 0.25) is 11.8 Å². The zero-order valence-electron chi connectivity index (χ0n) is 17.9. The van der Waals surface area contributed by atoms with E-state index in [1.807, 2.05) is 20.2 Å². The maximum absolute atomic E-state index is 12.6. The zero-order valence-corrected chi connectivity index (χ0v) is 17.9. The monoisotopic (exact) mass is 415 g/mol. The van der Waals surface area contributed by atoms with Crippen molar-refractivity contribution < 1.29 is 14.0 Å². The smallest absolute Gasteiger partial charge is 0.348 e. The molecular formula is C21H29N5O4. The third-order valence-corrected chi connectivity index (χ3v) is 5.23. The molecule has 0 radical (unpaired) electrons. The van der Waals surface area contributed by atoms with Crippen LogP contribution in [0.3, 0.4) is 0 Å². The molecule has 1 aromatic heterocycles. The second-order valence-electron chi connectivity index (χ2n) is 7.96. The molecule has 0 unspecified atom stereocenters. The average Bonchev–Trinajstić information content (AvgIpc) is 3.20. The van der Waals surface area contributed by atoms with Gasteiger partial charge in [-0.05, 0) is 58.0 Å². The Morgan fingerprint density at radius 1 is 1.27 bits per heavy atom. The number of nitrogens with one attached hydrogen (secondary N) is 2. The van der Waals surface area contributed by atoms with Crippen LogP contribution in [0.15, 0.2) is 21.3 Å². The van der Waals surface area contributed by atoms with Crippen molar-refractivity contribution in [1.29, 1.82) is 0 Å². The molecular weight excluding hydrogens is 386 g/mol. The Bertz CT molecular complexity index is 995. The lowest BCUT2D eigenvalue weighted by molar-refractivity contribution is -0.130. The van der Waals surface area contributed by atoms with Gasteiger partial charge in [-0.2, -0.15) is 4.98 Å². The fourth-order valence-corrected chi connectivity index (χ4v) is 3.61. The summed E-state index contributed by atoms with van der Waals surface area (Å²) in [7, 11) is 3.64. The summed E-state index contributed by atoms with van der Waals surface area (Å²) in [6, 6.07) is 3.05. The number of likely N-dealkylation sites (tertiary alicyclic amines) is 1. The molecule has 0 spiro atoms. The summed E-state index contributed by atoms with van der Waals surface area (Å²) in [5, 5.41) is 6.13.